The van der Waals surface area contributed by atoms with Crippen molar-refractivity contribution in [1.82, 2.24) is 14.5 Å². The molecule has 4 heteroatoms. The van der Waals surface area contributed by atoms with E-state index in [-0.39, 0.29) is 0 Å². The van der Waals surface area contributed by atoms with E-state index in [0.29, 0.717) is 0 Å². The molecule has 5 aromatic rings. The van der Waals surface area contributed by atoms with Crippen LogP contribution in [0, 0.1) is 20.8 Å². The number of imidazole rings is 1. The average Bonchev–Trinajstić information content (AvgIpc) is 3.36. The molecule has 31 heavy (non-hydrogen) atoms. The molecule has 0 aliphatic carbocycles. The Morgan fingerprint density at radius 1 is 0.871 bits per heavy atom. The molecule has 0 saturated carbocycles. The Kier molecular flexibility index (Phi) is 4.95. The fraction of sp³-hybridized carbons (Fsp3) is 0.185. The Bertz CT molecular complexity index is 1410. The van der Waals surface area contributed by atoms with Crippen LogP contribution >= 0.6 is 11.3 Å². The first-order valence-electron chi connectivity index (χ1n) is 10.6. The summed E-state index contributed by atoms with van der Waals surface area (Å²) >= 11 is 1.72. The van der Waals surface area contributed by atoms with E-state index >= 15 is 0 Å². The smallest absolute Gasteiger partial charge is 0.141 e. The molecule has 3 nitrogen and oxygen atoms in total. The van der Waals surface area contributed by atoms with Gasteiger partial charge in [-0.25, -0.2) is 9.97 Å². The SMILES string of the molecule is CCn1c(-c2ccccc2-c2ccc(C)cc2C)nc2cc(-c3cnc(C)s3)ccc21. The van der Waals surface area contributed by atoms with Crippen molar-refractivity contribution in [2.45, 2.75) is 34.2 Å². The molecule has 0 aliphatic heterocycles. The number of aryl methyl sites for hydroxylation is 4. The minimum Gasteiger partial charge on any atom is -0.324 e. The quantitative estimate of drug-likeness (QED) is 0.301. The van der Waals surface area contributed by atoms with Gasteiger partial charge in [-0.2, -0.15) is 0 Å². The van der Waals surface area contributed by atoms with Crippen LogP contribution in [0.2, 0.25) is 0 Å². The molecule has 0 saturated heterocycles. The molecule has 3 aromatic carbocycles. The number of hydrogen-bond acceptors (Lipinski definition) is 3. The number of rotatable bonds is 4. The highest BCUT2D eigenvalue weighted by Gasteiger charge is 2.17. The maximum atomic E-state index is 5.13. The average molecular weight is 424 g/mol. The molecule has 0 unspecified atom stereocenters. The summed E-state index contributed by atoms with van der Waals surface area (Å²) in [6, 6.07) is 21.8. The molecule has 0 spiro atoms. The number of thiazole rings is 1. The first kappa shape index (κ1) is 19.7. The van der Waals surface area contributed by atoms with Gasteiger partial charge in [0.15, 0.2) is 0 Å². The van der Waals surface area contributed by atoms with E-state index in [4.69, 9.17) is 4.98 Å². The summed E-state index contributed by atoms with van der Waals surface area (Å²) in [5.41, 5.74) is 9.59. The van der Waals surface area contributed by atoms with Gasteiger partial charge in [-0.3, -0.25) is 0 Å². The molecular formula is C27H25N3S. The third-order valence-electron chi connectivity index (χ3n) is 5.81. The molecule has 0 amide bonds. The summed E-state index contributed by atoms with van der Waals surface area (Å²) in [5.74, 6) is 1.02. The third kappa shape index (κ3) is 3.47. The molecule has 2 aromatic heterocycles. The molecule has 2 heterocycles. The highest BCUT2D eigenvalue weighted by Crippen LogP contribution is 2.36. The minimum atomic E-state index is 0.867. The van der Waals surface area contributed by atoms with Crippen molar-refractivity contribution >= 4 is 22.4 Å². The maximum absolute atomic E-state index is 5.13. The molecule has 0 N–H and O–H groups in total. The summed E-state index contributed by atoms with van der Waals surface area (Å²) in [6.45, 7) is 9.42. The Labute approximate surface area is 187 Å². The van der Waals surface area contributed by atoms with Gasteiger partial charge in [0.2, 0.25) is 0 Å². The lowest BCUT2D eigenvalue weighted by atomic mass is 9.94. The van der Waals surface area contributed by atoms with Crippen LogP contribution in [0.15, 0.2) is 66.9 Å². The monoisotopic (exact) mass is 423 g/mol. The van der Waals surface area contributed by atoms with E-state index in [0.717, 1.165) is 28.4 Å². The van der Waals surface area contributed by atoms with Crippen molar-refractivity contribution in [3.8, 4) is 33.0 Å². The Hall–Kier alpha value is -3.24. The Morgan fingerprint density at radius 3 is 2.39 bits per heavy atom. The normalized spacial score (nSPS) is 11.4. The molecule has 5 rings (SSSR count). The van der Waals surface area contributed by atoms with Crippen LogP contribution < -0.4 is 0 Å². The van der Waals surface area contributed by atoms with Gasteiger partial charge >= 0.3 is 0 Å². The highest BCUT2D eigenvalue weighted by molar-refractivity contribution is 7.15. The second-order valence-corrected chi connectivity index (χ2v) is 9.23. The lowest BCUT2D eigenvalue weighted by Gasteiger charge is -2.14. The molecule has 154 valence electrons. The van der Waals surface area contributed by atoms with Gasteiger partial charge in [-0.1, -0.05) is 54.1 Å². The van der Waals surface area contributed by atoms with Crippen LogP contribution in [0.25, 0.3) is 44.0 Å². The van der Waals surface area contributed by atoms with Gasteiger partial charge < -0.3 is 4.57 Å². The van der Waals surface area contributed by atoms with Gasteiger partial charge in [0.1, 0.15) is 5.82 Å². The maximum Gasteiger partial charge on any atom is 0.141 e. The predicted molar refractivity (Wildman–Crippen MR) is 132 cm³/mol. The van der Waals surface area contributed by atoms with E-state index in [1.807, 2.05) is 13.1 Å². The number of benzene rings is 3. The fourth-order valence-electron chi connectivity index (χ4n) is 4.33. The number of aromatic nitrogens is 3. The van der Waals surface area contributed by atoms with E-state index in [9.17, 15) is 0 Å². The zero-order valence-electron chi connectivity index (χ0n) is 18.3. The summed E-state index contributed by atoms with van der Waals surface area (Å²) in [7, 11) is 0. The minimum absolute atomic E-state index is 0.867. The van der Waals surface area contributed by atoms with Gasteiger partial charge in [-0.15, -0.1) is 11.3 Å². The van der Waals surface area contributed by atoms with Crippen molar-refractivity contribution in [3.05, 3.63) is 83.0 Å². The van der Waals surface area contributed by atoms with E-state index < -0.39 is 0 Å². The summed E-state index contributed by atoms with van der Waals surface area (Å²) in [5, 5.41) is 1.08. The fourth-order valence-corrected chi connectivity index (χ4v) is 5.11. The second-order valence-electron chi connectivity index (χ2n) is 7.99. The first-order valence-corrected chi connectivity index (χ1v) is 11.5. The topological polar surface area (TPSA) is 30.7 Å². The van der Waals surface area contributed by atoms with E-state index in [2.05, 4.69) is 91.0 Å². The van der Waals surface area contributed by atoms with Gasteiger partial charge in [-0.05, 0) is 62.1 Å². The van der Waals surface area contributed by atoms with Crippen molar-refractivity contribution in [2.24, 2.45) is 0 Å². The predicted octanol–water partition coefficient (Wildman–Crippen LogP) is 7.44. The molecule has 0 atom stereocenters. The zero-order valence-corrected chi connectivity index (χ0v) is 19.1. The standard InChI is InChI=1S/C27H25N3S/c1-5-30-25-13-11-20(26-16-28-19(4)31-26)15-24(25)29-27(30)23-9-7-6-8-22(23)21-12-10-17(2)14-18(21)3/h6-16H,5H2,1-4H3. The van der Waals surface area contributed by atoms with Crippen LogP contribution in [-0.4, -0.2) is 14.5 Å². The summed E-state index contributed by atoms with van der Waals surface area (Å²) in [6.07, 6.45) is 1.95. The largest absolute Gasteiger partial charge is 0.324 e. The van der Waals surface area contributed by atoms with Crippen LogP contribution in [0.5, 0.6) is 0 Å². The second kappa shape index (κ2) is 7.78. The number of nitrogens with zero attached hydrogens (tertiary/aromatic N) is 3. The molecule has 0 fully saturated rings. The molecular weight excluding hydrogens is 398 g/mol. The number of fused-ring (bicyclic) bond motifs is 1. The van der Waals surface area contributed by atoms with Crippen molar-refractivity contribution in [1.29, 1.82) is 0 Å². The highest BCUT2D eigenvalue weighted by atomic mass is 32.1. The lowest BCUT2D eigenvalue weighted by Crippen LogP contribution is -1.99. The zero-order chi connectivity index (χ0) is 21.5. The van der Waals surface area contributed by atoms with E-state index in [1.165, 1.54) is 38.3 Å². The molecule has 0 aliphatic rings. The van der Waals surface area contributed by atoms with Crippen LogP contribution in [0.3, 0.4) is 0 Å². The van der Waals surface area contributed by atoms with Crippen molar-refractivity contribution < 1.29 is 0 Å². The van der Waals surface area contributed by atoms with Gasteiger partial charge in [0.25, 0.3) is 0 Å². The van der Waals surface area contributed by atoms with Crippen molar-refractivity contribution in [3.63, 3.8) is 0 Å². The third-order valence-corrected chi connectivity index (χ3v) is 6.77. The number of hydrogen-bond donors (Lipinski definition) is 0. The summed E-state index contributed by atoms with van der Waals surface area (Å²) in [4.78, 5) is 10.7. The van der Waals surface area contributed by atoms with Crippen LogP contribution in [0.1, 0.15) is 23.1 Å². The summed E-state index contributed by atoms with van der Waals surface area (Å²) < 4.78 is 2.32. The first-order chi connectivity index (χ1) is 15.0. The van der Waals surface area contributed by atoms with E-state index in [1.54, 1.807) is 11.3 Å². The van der Waals surface area contributed by atoms with Crippen molar-refractivity contribution in [2.75, 3.05) is 0 Å². The molecule has 0 radical (unpaired) electrons. The van der Waals surface area contributed by atoms with Crippen LogP contribution in [-0.2, 0) is 6.54 Å². The van der Waals surface area contributed by atoms with Crippen LogP contribution in [0.4, 0.5) is 0 Å². The Morgan fingerprint density at radius 2 is 1.68 bits per heavy atom. The Balaban J connectivity index is 1.70. The lowest BCUT2D eigenvalue weighted by molar-refractivity contribution is 0.796. The molecule has 0 bridgehead atoms. The van der Waals surface area contributed by atoms with Gasteiger partial charge in [0.05, 0.1) is 20.9 Å². The van der Waals surface area contributed by atoms with Gasteiger partial charge in [0, 0.05) is 18.3 Å².